The number of aryl methyl sites for hydroxylation is 2. The van der Waals surface area contributed by atoms with Crippen LogP contribution in [0.15, 0.2) is 42.5 Å². The number of rotatable bonds is 9. The van der Waals surface area contributed by atoms with Crippen LogP contribution in [-0.4, -0.2) is 49.0 Å². The summed E-state index contributed by atoms with van der Waals surface area (Å²) in [5.41, 5.74) is 3.86. The minimum absolute atomic E-state index is 0.0936. The standard InChI is InChI=1S/C26H31N5O3S/c1-14-8-7-10-20(34)23(14)30-26-28-16(3)22(25-29-19-9-5-6-11-21(19)35-25)24(31-26)27-15(2)12-18(13-32)17(4)33/h5-11,15,17-18,32-34H,12-13H2,1-4H3,(H2,27,28,30,31)/t15?,17-,18+/m0/s1. The van der Waals surface area contributed by atoms with Crippen LogP contribution in [0.1, 0.15) is 31.5 Å². The monoisotopic (exact) mass is 493 g/mol. The van der Waals surface area contributed by atoms with Crippen LogP contribution in [0.5, 0.6) is 5.75 Å². The van der Waals surface area contributed by atoms with Crippen molar-refractivity contribution < 1.29 is 15.3 Å². The lowest BCUT2D eigenvalue weighted by Crippen LogP contribution is -2.28. The second-order valence-corrected chi connectivity index (χ2v) is 9.93. The molecule has 0 spiro atoms. The summed E-state index contributed by atoms with van der Waals surface area (Å²) in [5, 5.41) is 37.4. The number of hydrogen-bond donors (Lipinski definition) is 5. The van der Waals surface area contributed by atoms with Gasteiger partial charge < -0.3 is 26.0 Å². The van der Waals surface area contributed by atoms with E-state index in [1.165, 1.54) is 0 Å². The van der Waals surface area contributed by atoms with E-state index in [0.29, 0.717) is 23.9 Å². The zero-order chi connectivity index (χ0) is 25.1. The second-order valence-electron chi connectivity index (χ2n) is 8.90. The molecular weight excluding hydrogens is 462 g/mol. The highest BCUT2D eigenvalue weighted by Gasteiger charge is 2.22. The maximum Gasteiger partial charge on any atom is 0.229 e. The van der Waals surface area contributed by atoms with Gasteiger partial charge in [0.1, 0.15) is 16.6 Å². The molecule has 0 saturated heterocycles. The van der Waals surface area contributed by atoms with E-state index >= 15 is 0 Å². The van der Waals surface area contributed by atoms with Gasteiger partial charge in [-0.25, -0.2) is 9.97 Å². The summed E-state index contributed by atoms with van der Waals surface area (Å²) in [6, 6.07) is 13.2. The van der Waals surface area contributed by atoms with Crippen molar-refractivity contribution >= 4 is 39.0 Å². The number of aromatic nitrogens is 3. The Morgan fingerprint density at radius 2 is 1.77 bits per heavy atom. The Bertz CT molecular complexity index is 1270. The number of thiazole rings is 1. The van der Waals surface area contributed by atoms with E-state index in [0.717, 1.165) is 32.0 Å². The summed E-state index contributed by atoms with van der Waals surface area (Å²) >= 11 is 1.57. The highest BCUT2D eigenvalue weighted by atomic mass is 32.1. The number of phenols is 1. The molecule has 0 radical (unpaired) electrons. The van der Waals surface area contributed by atoms with Crippen molar-refractivity contribution in [1.82, 2.24) is 15.0 Å². The van der Waals surface area contributed by atoms with E-state index in [-0.39, 0.29) is 24.3 Å². The van der Waals surface area contributed by atoms with Crippen LogP contribution in [0.2, 0.25) is 0 Å². The van der Waals surface area contributed by atoms with Crippen molar-refractivity contribution in [2.24, 2.45) is 5.92 Å². The van der Waals surface area contributed by atoms with E-state index in [4.69, 9.17) is 9.97 Å². The fraction of sp³-hybridized carbons (Fsp3) is 0.346. The van der Waals surface area contributed by atoms with Gasteiger partial charge in [0.15, 0.2) is 0 Å². The first-order chi connectivity index (χ1) is 16.8. The van der Waals surface area contributed by atoms with Gasteiger partial charge in [0.2, 0.25) is 5.95 Å². The highest BCUT2D eigenvalue weighted by molar-refractivity contribution is 7.21. The van der Waals surface area contributed by atoms with E-state index in [9.17, 15) is 15.3 Å². The van der Waals surface area contributed by atoms with Crippen LogP contribution < -0.4 is 10.6 Å². The lowest BCUT2D eigenvalue weighted by molar-refractivity contribution is 0.0736. The summed E-state index contributed by atoms with van der Waals surface area (Å²) in [5.74, 6) is 0.808. The van der Waals surface area contributed by atoms with Gasteiger partial charge in [-0.1, -0.05) is 24.3 Å². The Hall–Kier alpha value is -3.27. The molecule has 35 heavy (non-hydrogen) atoms. The van der Waals surface area contributed by atoms with E-state index in [2.05, 4.69) is 15.6 Å². The third kappa shape index (κ3) is 5.53. The molecule has 0 aliphatic rings. The van der Waals surface area contributed by atoms with Gasteiger partial charge in [-0.3, -0.25) is 0 Å². The largest absolute Gasteiger partial charge is 0.506 e. The molecule has 4 aromatic rings. The van der Waals surface area contributed by atoms with E-state index in [1.54, 1.807) is 30.4 Å². The third-order valence-electron chi connectivity index (χ3n) is 6.04. The first kappa shape index (κ1) is 24.8. The van der Waals surface area contributed by atoms with Crippen LogP contribution in [0.4, 0.5) is 17.5 Å². The fourth-order valence-corrected chi connectivity index (χ4v) is 5.13. The van der Waals surface area contributed by atoms with Gasteiger partial charge in [-0.15, -0.1) is 11.3 Å². The molecule has 9 heteroatoms. The summed E-state index contributed by atoms with van der Waals surface area (Å²) in [6.45, 7) is 7.39. The van der Waals surface area contributed by atoms with Gasteiger partial charge in [0, 0.05) is 18.6 Å². The van der Waals surface area contributed by atoms with Crippen LogP contribution >= 0.6 is 11.3 Å². The molecule has 0 saturated carbocycles. The number of benzene rings is 2. The molecule has 2 aromatic heterocycles. The van der Waals surface area contributed by atoms with Gasteiger partial charge in [0.05, 0.1) is 33.3 Å². The average molecular weight is 494 g/mol. The molecule has 5 N–H and O–H groups in total. The average Bonchev–Trinajstić information content (AvgIpc) is 3.23. The number of anilines is 3. The minimum Gasteiger partial charge on any atom is -0.506 e. The molecule has 8 nitrogen and oxygen atoms in total. The number of nitrogens with zero attached hydrogens (tertiary/aromatic N) is 3. The molecule has 3 atom stereocenters. The first-order valence-corrected chi connectivity index (χ1v) is 12.4. The van der Waals surface area contributed by atoms with Crippen molar-refractivity contribution in [3.8, 4) is 16.3 Å². The molecule has 0 aliphatic heterocycles. The number of nitrogens with one attached hydrogen (secondary N) is 2. The number of aliphatic hydroxyl groups is 2. The molecular formula is C26H31N5O3S. The van der Waals surface area contributed by atoms with Gasteiger partial charge in [-0.2, -0.15) is 4.98 Å². The normalized spacial score (nSPS) is 14.0. The van der Waals surface area contributed by atoms with Crippen molar-refractivity contribution in [3.63, 3.8) is 0 Å². The molecule has 0 amide bonds. The van der Waals surface area contributed by atoms with E-state index in [1.807, 2.05) is 51.1 Å². The Morgan fingerprint density at radius 3 is 2.46 bits per heavy atom. The molecule has 0 bridgehead atoms. The van der Waals surface area contributed by atoms with Gasteiger partial charge in [-0.05, 0) is 57.9 Å². The highest BCUT2D eigenvalue weighted by Crippen LogP contribution is 2.37. The zero-order valence-electron chi connectivity index (χ0n) is 20.3. The van der Waals surface area contributed by atoms with Crippen molar-refractivity contribution in [3.05, 3.63) is 53.7 Å². The minimum atomic E-state index is -0.624. The SMILES string of the molecule is Cc1cccc(O)c1Nc1nc(C)c(-c2nc3ccccc3s2)c(NC(C)C[C@H](CO)[C@H](C)O)n1. The Labute approximate surface area is 208 Å². The number of fused-ring (bicyclic) bond motifs is 1. The predicted octanol–water partition coefficient (Wildman–Crippen LogP) is 5.00. The molecule has 2 heterocycles. The van der Waals surface area contributed by atoms with Crippen LogP contribution in [0.3, 0.4) is 0 Å². The molecule has 2 aromatic carbocycles. The number of aromatic hydroxyl groups is 1. The summed E-state index contributed by atoms with van der Waals surface area (Å²) in [4.78, 5) is 14.3. The second kappa shape index (κ2) is 10.6. The predicted molar refractivity (Wildman–Crippen MR) is 141 cm³/mol. The third-order valence-corrected chi connectivity index (χ3v) is 7.10. The van der Waals surface area contributed by atoms with Crippen LogP contribution in [0.25, 0.3) is 20.8 Å². The van der Waals surface area contributed by atoms with Crippen LogP contribution in [0, 0.1) is 19.8 Å². The Balaban J connectivity index is 1.76. The van der Waals surface area contributed by atoms with Crippen molar-refractivity contribution in [1.29, 1.82) is 0 Å². The molecule has 0 fully saturated rings. The maximum atomic E-state index is 10.3. The number of phenolic OH excluding ortho intramolecular Hbond substituents is 1. The van der Waals surface area contributed by atoms with E-state index < -0.39 is 6.10 Å². The quantitative estimate of drug-likeness (QED) is 0.206. The number of para-hydroxylation sites is 2. The molecule has 1 unspecified atom stereocenters. The lowest BCUT2D eigenvalue weighted by Gasteiger charge is -2.24. The Morgan fingerprint density at radius 1 is 1.00 bits per heavy atom. The molecule has 4 rings (SSSR count). The van der Waals surface area contributed by atoms with Gasteiger partial charge >= 0.3 is 0 Å². The summed E-state index contributed by atoms with van der Waals surface area (Å²) in [7, 11) is 0. The topological polar surface area (TPSA) is 123 Å². The first-order valence-electron chi connectivity index (χ1n) is 11.6. The maximum absolute atomic E-state index is 10.3. The number of aliphatic hydroxyl groups excluding tert-OH is 2. The molecule has 0 aliphatic carbocycles. The zero-order valence-corrected chi connectivity index (χ0v) is 21.1. The van der Waals surface area contributed by atoms with Crippen LogP contribution in [-0.2, 0) is 0 Å². The van der Waals surface area contributed by atoms with Crippen molar-refractivity contribution in [2.75, 3.05) is 17.2 Å². The van der Waals surface area contributed by atoms with Gasteiger partial charge in [0.25, 0.3) is 0 Å². The van der Waals surface area contributed by atoms with Crippen molar-refractivity contribution in [2.45, 2.75) is 46.3 Å². The summed E-state index contributed by atoms with van der Waals surface area (Å²) in [6.07, 6.45) is -0.0703. The smallest absolute Gasteiger partial charge is 0.229 e. The molecule has 184 valence electrons. The summed E-state index contributed by atoms with van der Waals surface area (Å²) < 4.78 is 1.07. The number of hydrogen-bond acceptors (Lipinski definition) is 9. The Kier molecular flexibility index (Phi) is 7.49. The lowest BCUT2D eigenvalue weighted by atomic mass is 9.96. The fourth-order valence-electron chi connectivity index (χ4n) is 4.07.